The van der Waals surface area contributed by atoms with Crippen LogP contribution < -0.4 is 5.32 Å². The molecule has 1 heterocycles. The molecule has 8 nitrogen and oxygen atoms in total. The van der Waals surface area contributed by atoms with Crippen molar-refractivity contribution in [1.29, 1.82) is 0 Å². The van der Waals surface area contributed by atoms with E-state index in [1.54, 1.807) is 30.1 Å². The molecular formula is C17H15N5O3S. The summed E-state index contributed by atoms with van der Waals surface area (Å²) < 4.78 is 1.62. The van der Waals surface area contributed by atoms with Gasteiger partial charge in [0.15, 0.2) is 0 Å². The van der Waals surface area contributed by atoms with Gasteiger partial charge in [-0.05, 0) is 25.1 Å². The number of aromatic nitrogens is 3. The smallest absolute Gasteiger partial charge is 0.292 e. The molecule has 3 rings (SSSR count). The molecule has 1 atom stereocenters. The molecule has 0 saturated carbocycles. The highest BCUT2D eigenvalue weighted by molar-refractivity contribution is 8.00. The van der Waals surface area contributed by atoms with Crippen molar-refractivity contribution < 1.29 is 9.72 Å². The molecule has 0 saturated heterocycles. The lowest BCUT2D eigenvalue weighted by Gasteiger charge is -2.10. The molecule has 26 heavy (non-hydrogen) atoms. The van der Waals surface area contributed by atoms with Gasteiger partial charge < -0.3 is 5.32 Å². The molecule has 0 aliphatic carbocycles. The van der Waals surface area contributed by atoms with E-state index < -0.39 is 10.2 Å². The maximum atomic E-state index is 12.4. The normalized spacial score (nSPS) is 11.7. The van der Waals surface area contributed by atoms with Crippen molar-refractivity contribution in [3.8, 4) is 5.69 Å². The number of nitrogens with zero attached hydrogens (tertiary/aromatic N) is 4. The lowest BCUT2D eigenvalue weighted by atomic mass is 10.2. The van der Waals surface area contributed by atoms with Gasteiger partial charge in [-0.1, -0.05) is 42.1 Å². The largest absolute Gasteiger partial charge is 0.319 e. The van der Waals surface area contributed by atoms with Gasteiger partial charge in [-0.15, -0.1) is 5.10 Å². The quantitative estimate of drug-likeness (QED) is 0.406. The monoisotopic (exact) mass is 369 g/mol. The number of hydrogen-bond acceptors (Lipinski definition) is 6. The van der Waals surface area contributed by atoms with Crippen molar-refractivity contribution in [3.63, 3.8) is 0 Å². The third-order valence-corrected chi connectivity index (χ3v) is 4.47. The SMILES string of the molecule is CC(Sc1ncn(-c2ccccc2)n1)C(=O)Nc1ccccc1[N+](=O)[O-]. The van der Waals surface area contributed by atoms with E-state index in [1.807, 2.05) is 30.3 Å². The van der Waals surface area contributed by atoms with Crippen LogP contribution in [0.25, 0.3) is 5.69 Å². The first-order chi connectivity index (χ1) is 12.5. The minimum absolute atomic E-state index is 0.149. The van der Waals surface area contributed by atoms with Gasteiger partial charge in [0.25, 0.3) is 5.69 Å². The molecule has 0 spiro atoms. The number of anilines is 1. The lowest BCUT2D eigenvalue weighted by Crippen LogP contribution is -2.23. The van der Waals surface area contributed by atoms with Gasteiger partial charge in [0.1, 0.15) is 12.0 Å². The summed E-state index contributed by atoms with van der Waals surface area (Å²) in [4.78, 5) is 27.0. The molecule has 1 aromatic heterocycles. The van der Waals surface area contributed by atoms with Crippen molar-refractivity contribution in [2.75, 3.05) is 5.32 Å². The highest BCUT2D eigenvalue weighted by atomic mass is 32.2. The zero-order valence-electron chi connectivity index (χ0n) is 13.8. The number of nitrogens with one attached hydrogen (secondary N) is 1. The average Bonchev–Trinajstić information content (AvgIpc) is 3.11. The topological polar surface area (TPSA) is 103 Å². The Labute approximate surface area is 153 Å². The fourth-order valence-corrected chi connectivity index (χ4v) is 2.92. The predicted octanol–water partition coefficient (Wildman–Crippen LogP) is 3.29. The second kappa shape index (κ2) is 7.79. The Kier molecular flexibility index (Phi) is 5.28. The summed E-state index contributed by atoms with van der Waals surface area (Å²) in [6.07, 6.45) is 1.57. The average molecular weight is 369 g/mol. The Bertz CT molecular complexity index is 929. The van der Waals surface area contributed by atoms with Gasteiger partial charge in [0.05, 0.1) is 15.9 Å². The van der Waals surface area contributed by atoms with Crippen LogP contribution in [0.1, 0.15) is 6.92 Å². The van der Waals surface area contributed by atoms with Crippen LogP contribution in [0.2, 0.25) is 0 Å². The number of thioether (sulfide) groups is 1. The first kappa shape index (κ1) is 17.6. The van der Waals surface area contributed by atoms with Gasteiger partial charge >= 0.3 is 0 Å². The summed E-state index contributed by atoms with van der Waals surface area (Å²) in [7, 11) is 0. The number of nitro benzene ring substituents is 1. The number of amides is 1. The van der Waals surface area contributed by atoms with E-state index >= 15 is 0 Å². The van der Waals surface area contributed by atoms with Gasteiger partial charge in [-0.3, -0.25) is 14.9 Å². The summed E-state index contributed by atoms with van der Waals surface area (Å²) in [6, 6.07) is 15.5. The van der Waals surface area contributed by atoms with Gasteiger partial charge in [-0.25, -0.2) is 9.67 Å². The molecule has 0 bridgehead atoms. The zero-order valence-corrected chi connectivity index (χ0v) is 14.6. The molecule has 0 aliphatic heterocycles. The van der Waals surface area contributed by atoms with Crippen LogP contribution in [0, 0.1) is 10.1 Å². The van der Waals surface area contributed by atoms with Crippen LogP contribution in [0.5, 0.6) is 0 Å². The third kappa shape index (κ3) is 4.06. The highest BCUT2D eigenvalue weighted by Crippen LogP contribution is 2.26. The van der Waals surface area contributed by atoms with E-state index in [1.165, 1.54) is 23.9 Å². The molecule has 3 aromatic rings. The Balaban J connectivity index is 1.67. The summed E-state index contributed by atoms with van der Waals surface area (Å²) in [5, 5.41) is 17.9. The number of hydrogen-bond donors (Lipinski definition) is 1. The van der Waals surface area contributed by atoms with Crippen LogP contribution in [0.4, 0.5) is 11.4 Å². The van der Waals surface area contributed by atoms with Gasteiger partial charge in [-0.2, -0.15) is 0 Å². The molecule has 132 valence electrons. The Hall–Kier alpha value is -3.20. The zero-order chi connectivity index (χ0) is 18.5. The first-order valence-electron chi connectivity index (χ1n) is 7.72. The number of para-hydroxylation sites is 3. The van der Waals surface area contributed by atoms with Crippen LogP contribution in [0.15, 0.2) is 66.1 Å². The van der Waals surface area contributed by atoms with Crippen LogP contribution in [-0.2, 0) is 4.79 Å². The fourth-order valence-electron chi connectivity index (χ4n) is 2.19. The van der Waals surface area contributed by atoms with Crippen molar-refractivity contribution in [2.24, 2.45) is 0 Å². The van der Waals surface area contributed by atoms with Gasteiger partial charge in [0.2, 0.25) is 11.1 Å². The van der Waals surface area contributed by atoms with Crippen LogP contribution in [-0.4, -0.2) is 30.8 Å². The second-order valence-corrected chi connectivity index (χ2v) is 6.64. The van der Waals surface area contributed by atoms with E-state index in [0.717, 1.165) is 5.69 Å². The lowest BCUT2D eigenvalue weighted by molar-refractivity contribution is -0.383. The number of benzene rings is 2. The summed E-state index contributed by atoms with van der Waals surface area (Å²) in [5.74, 6) is -0.361. The number of carbonyl (C=O) groups excluding carboxylic acids is 1. The van der Waals surface area contributed by atoms with Crippen molar-refractivity contribution in [3.05, 3.63) is 71.0 Å². The molecule has 1 N–H and O–H groups in total. The first-order valence-corrected chi connectivity index (χ1v) is 8.60. The highest BCUT2D eigenvalue weighted by Gasteiger charge is 2.20. The Morgan fingerprint density at radius 1 is 1.19 bits per heavy atom. The molecule has 2 aromatic carbocycles. The maximum Gasteiger partial charge on any atom is 0.292 e. The molecule has 9 heteroatoms. The van der Waals surface area contributed by atoms with E-state index in [4.69, 9.17) is 0 Å². The van der Waals surface area contributed by atoms with E-state index in [-0.39, 0.29) is 17.3 Å². The second-order valence-electron chi connectivity index (χ2n) is 5.33. The maximum absolute atomic E-state index is 12.4. The van der Waals surface area contributed by atoms with E-state index in [9.17, 15) is 14.9 Å². The molecular weight excluding hydrogens is 354 g/mol. The Morgan fingerprint density at radius 2 is 1.88 bits per heavy atom. The third-order valence-electron chi connectivity index (χ3n) is 3.50. The van der Waals surface area contributed by atoms with Crippen LogP contribution in [0.3, 0.4) is 0 Å². The number of nitro groups is 1. The summed E-state index contributed by atoms with van der Waals surface area (Å²) in [5.41, 5.74) is 0.881. The molecule has 0 fully saturated rings. The minimum atomic E-state index is -0.531. The molecule has 0 radical (unpaired) electrons. The summed E-state index contributed by atoms with van der Waals surface area (Å²) >= 11 is 1.18. The number of rotatable bonds is 6. The predicted molar refractivity (Wildman–Crippen MR) is 98.4 cm³/mol. The van der Waals surface area contributed by atoms with Crippen LogP contribution >= 0.6 is 11.8 Å². The molecule has 1 amide bonds. The number of carbonyl (C=O) groups is 1. The van der Waals surface area contributed by atoms with Crippen molar-refractivity contribution >= 4 is 29.0 Å². The standard InChI is InChI=1S/C17H15N5O3S/c1-12(16(23)19-14-9-5-6-10-15(14)22(24)25)26-17-18-11-21(20-17)13-7-3-2-4-8-13/h2-12H,1H3,(H,19,23). The minimum Gasteiger partial charge on any atom is -0.319 e. The fraction of sp³-hybridized carbons (Fsp3) is 0.118. The van der Waals surface area contributed by atoms with E-state index in [0.29, 0.717) is 5.16 Å². The summed E-state index contributed by atoms with van der Waals surface area (Å²) in [6.45, 7) is 1.69. The Morgan fingerprint density at radius 3 is 2.62 bits per heavy atom. The molecule has 1 unspecified atom stereocenters. The molecule has 0 aliphatic rings. The van der Waals surface area contributed by atoms with Crippen molar-refractivity contribution in [1.82, 2.24) is 14.8 Å². The van der Waals surface area contributed by atoms with Crippen molar-refractivity contribution in [2.45, 2.75) is 17.3 Å². The van der Waals surface area contributed by atoms with Gasteiger partial charge in [0, 0.05) is 6.07 Å². The van der Waals surface area contributed by atoms with E-state index in [2.05, 4.69) is 15.4 Å².